The molecular formula is C34H34N4OS2. The average Bonchev–Trinajstić information content (AvgIpc) is 3.61. The van der Waals surface area contributed by atoms with Crippen LogP contribution in [-0.4, -0.2) is 44.6 Å². The number of carbonyl (C=O) groups is 1. The third-order valence-corrected chi connectivity index (χ3v) is 9.77. The molecule has 1 amide bonds. The number of likely N-dealkylation sites (tertiary alicyclic amines) is 1. The van der Waals surface area contributed by atoms with Crippen molar-refractivity contribution in [3.05, 3.63) is 107 Å². The lowest BCUT2D eigenvalue weighted by Crippen LogP contribution is -2.37. The molecule has 41 heavy (non-hydrogen) atoms. The smallest absolute Gasteiger partial charge is 0.286 e. The third-order valence-electron chi connectivity index (χ3n) is 7.51. The fourth-order valence-electron chi connectivity index (χ4n) is 5.31. The van der Waals surface area contributed by atoms with Gasteiger partial charge in [-0.15, -0.1) is 11.8 Å². The Morgan fingerprint density at radius 3 is 2.37 bits per heavy atom. The summed E-state index contributed by atoms with van der Waals surface area (Å²) >= 11 is 3.36. The van der Waals surface area contributed by atoms with E-state index in [4.69, 9.17) is 5.10 Å². The SMILES string of the molecule is CCCSc1ccc(-c2nn(-c3ccccc3)cc2C=C2SC(N3CCC(Cc4ccccc4)CC3)=NC2=O)cc1. The van der Waals surface area contributed by atoms with Crippen LogP contribution in [0.2, 0.25) is 0 Å². The lowest BCUT2D eigenvalue weighted by Gasteiger charge is -2.32. The molecule has 0 saturated carbocycles. The fraction of sp³-hybridized carbons (Fsp3) is 0.265. The quantitative estimate of drug-likeness (QED) is 0.157. The summed E-state index contributed by atoms with van der Waals surface area (Å²) in [4.78, 5) is 21.7. The van der Waals surface area contributed by atoms with Crippen LogP contribution in [0.5, 0.6) is 0 Å². The van der Waals surface area contributed by atoms with E-state index < -0.39 is 0 Å². The number of carbonyl (C=O) groups excluding carboxylic acids is 1. The number of aromatic nitrogens is 2. The van der Waals surface area contributed by atoms with E-state index in [1.807, 2.05) is 59.0 Å². The Hall–Kier alpha value is -3.55. The Morgan fingerprint density at radius 1 is 0.951 bits per heavy atom. The van der Waals surface area contributed by atoms with Gasteiger partial charge in [0.2, 0.25) is 0 Å². The van der Waals surface area contributed by atoms with E-state index in [9.17, 15) is 4.79 Å². The first-order chi connectivity index (χ1) is 20.2. The molecule has 3 heterocycles. The monoisotopic (exact) mass is 578 g/mol. The number of benzene rings is 3. The van der Waals surface area contributed by atoms with Crippen molar-refractivity contribution in [1.29, 1.82) is 0 Å². The molecule has 5 nitrogen and oxygen atoms in total. The first-order valence-corrected chi connectivity index (χ1v) is 16.2. The number of amidine groups is 1. The van der Waals surface area contributed by atoms with Crippen LogP contribution >= 0.6 is 23.5 Å². The Balaban J connectivity index is 1.20. The number of piperidine rings is 1. The molecule has 208 valence electrons. The molecule has 0 spiro atoms. The van der Waals surface area contributed by atoms with Crippen molar-refractivity contribution >= 4 is 40.7 Å². The van der Waals surface area contributed by atoms with Crippen LogP contribution in [0.3, 0.4) is 0 Å². The minimum Gasteiger partial charge on any atom is -0.351 e. The zero-order chi connectivity index (χ0) is 28.0. The predicted octanol–water partition coefficient (Wildman–Crippen LogP) is 7.97. The van der Waals surface area contributed by atoms with Gasteiger partial charge in [0.15, 0.2) is 5.17 Å². The topological polar surface area (TPSA) is 50.5 Å². The molecule has 0 bridgehead atoms. The van der Waals surface area contributed by atoms with Gasteiger partial charge >= 0.3 is 0 Å². The molecule has 3 aromatic carbocycles. The minimum absolute atomic E-state index is 0.166. The van der Waals surface area contributed by atoms with Crippen molar-refractivity contribution in [1.82, 2.24) is 14.7 Å². The fourth-order valence-corrected chi connectivity index (χ4v) is 7.03. The van der Waals surface area contributed by atoms with Crippen molar-refractivity contribution in [2.45, 2.75) is 37.5 Å². The summed E-state index contributed by atoms with van der Waals surface area (Å²) in [6, 6.07) is 29.4. The minimum atomic E-state index is -0.166. The van der Waals surface area contributed by atoms with Crippen LogP contribution < -0.4 is 0 Å². The van der Waals surface area contributed by atoms with Gasteiger partial charge in [0.1, 0.15) is 0 Å². The highest BCUT2D eigenvalue weighted by Crippen LogP contribution is 2.35. The van der Waals surface area contributed by atoms with Crippen molar-refractivity contribution in [3.63, 3.8) is 0 Å². The number of para-hydroxylation sites is 1. The van der Waals surface area contributed by atoms with E-state index in [1.165, 1.54) is 22.2 Å². The first-order valence-electron chi connectivity index (χ1n) is 14.4. The lowest BCUT2D eigenvalue weighted by molar-refractivity contribution is -0.113. The normalized spacial score (nSPS) is 16.9. The highest BCUT2D eigenvalue weighted by Gasteiger charge is 2.29. The van der Waals surface area contributed by atoms with Crippen molar-refractivity contribution in [2.24, 2.45) is 10.9 Å². The first kappa shape index (κ1) is 27.6. The maximum absolute atomic E-state index is 13.1. The third kappa shape index (κ3) is 6.68. The second-order valence-corrected chi connectivity index (χ2v) is 12.7. The molecule has 6 rings (SSSR count). The van der Waals surface area contributed by atoms with E-state index in [-0.39, 0.29) is 5.91 Å². The van der Waals surface area contributed by atoms with Gasteiger partial charge in [-0.3, -0.25) is 4.79 Å². The van der Waals surface area contributed by atoms with E-state index >= 15 is 0 Å². The van der Waals surface area contributed by atoms with Gasteiger partial charge in [0, 0.05) is 35.3 Å². The van der Waals surface area contributed by atoms with E-state index in [1.54, 1.807) is 0 Å². The Kier molecular flexibility index (Phi) is 8.73. The van der Waals surface area contributed by atoms with Crippen molar-refractivity contribution in [3.8, 4) is 16.9 Å². The van der Waals surface area contributed by atoms with Gasteiger partial charge < -0.3 is 4.90 Å². The molecule has 0 radical (unpaired) electrons. The van der Waals surface area contributed by atoms with Crippen molar-refractivity contribution < 1.29 is 4.79 Å². The molecule has 0 aliphatic carbocycles. The molecule has 0 atom stereocenters. The maximum Gasteiger partial charge on any atom is 0.286 e. The zero-order valence-corrected chi connectivity index (χ0v) is 24.9. The summed E-state index contributed by atoms with van der Waals surface area (Å²) in [5.41, 5.74) is 5.19. The van der Waals surface area contributed by atoms with Crippen molar-refractivity contribution in [2.75, 3.05) is 18.8 Å². The summed E-state index contributed by atoms with van der Waals surface area (Å²) in [5, 5.41) is 5.79. The highest BCUT2D eigenvalue weighted by atomic mass is 32.2. The predicted molar refractivity (Wildman–Crippen MR) is 172 cm³/mol. The number of hydrogen-bond donors (Lipinski definition) is 0. The van der Waals surface area contributed by atoms with Gasteiger partial charge in [-0.2, -0.15) is 10.1 Å². The number of rotatable bonds is 8. The van der Waals surface area contributed by atoms with E-state index in [2.05, 4.69) is 71.4 Å². The molecule has 1 fully saturated rings. The Morgan fingerprint density at radius 2 is 1.66 bits per heavy atom. The highest BCUT2D eigenvalue weighted by molar-refractivity contribution is 8.18. The molecule has 4 aromatic rings. The molecule has 0 unspecified atom stereocenters. The molecule has 0 N–H and O–H groups in total. The van der Waals surface area contributed by atoms with E-state index in [0.717, 1.165) is 72.2 Å². The van der Waals surface area contributed by atoms with Gasteiger partial charge in [-0.25, -0.2) is 4.68 Å². The van der Waals surface area contributed by atoms with Gasteiger partial charge in [0.05, 0.1) is 16.3 Å². The van der Waals surface area contributed by atoms with Crippen LogP contribution in [0.4, 0.5) is 0 Å². The maximum atomic E-state index is 13.1. The van der Waals surface area contributed by atoms with Crippen LogP contribution in [-0.2, 0) is 11.2 Å². The van der Waals surface area contributed by atoms with Crippen LogP contribution in [0.25, 0.3) is 23.0 Å². The lowest BCUT2D eigenvalue weighted by atomic mass is 9.90. The summed E-state index contributed by atoms with van der Waals surface area (Å²) in [5.74, 6) is 1.61. The summed E-state index contributed by atoms with van der Waals surface area (Å²) < 4.78 is 1.89. The average molecular weight is 579 g/mol. The van der Waals surface area contributed by atoms with E-state index in [0.29, 0.717) is 10.8 Å². The van der Waals surface area contributed by atoms with Crippen LogP contribution in [0.1, 0.15) is 37.3 Å². The van der Waals surface area contributed by atoms with Gasteiger partial charge in [0.25, 0.3) is 5.91 Å². The summed E-state index contributed by atoms with van der Waals surface area (Å²) in [6.07, 6.45) is 8.47. The Labute approximate surface area is 250 Å². The van der Waals surface area contributed by atoms with Crippen LogP contribution in [0.15, 0.2) is 106 Å². The molecule has 7 heteroatoms. The second kappa shape index (κ2) is 13.0. The number of nitrogens with zero attached hydrogens (tertiary/aromatic N) is 4. The summed E-state index contributed by atoms with van der Waals surface area (Å²) in [7, 11) is 0. The van der Waals surface area contributed by atoms with Gasteiger partial charge in [-0.05, 0) is 85.0 Å². The number of hydrogen-bond acceptors (Lipinski definition) is 5. The van der Waals surface area contributed by atoms with Crippen LogP contribution in [0, 0.1) is 5.92 Å². The molecule has 1 saturated heterocycles. The summed E-state index contributed by atoms with van der Waals surface area (Å²) in [6.45, 7) is 4.07. The Bertz CT molecular complexity index is 1540. The number of amides is 1. The molecule has 1 aromatic heterocycles. The number of thioether (sulfide) groups is 2. The largest absolute Gasteiger partial charge is 0.351 e. The molecule has 2 aliphatic heterocycles. The number of aliphatic imine (C=N–C) groups is 1. The zero-order valence-electron chi connectivity index (χ0n) is 23.3. The standard InChI is InChI=1S/C34H34N4OS2/c1-2-21-40-30-15-13-27(14-16-30)32-28(24-38(36-32)29-11-7-4-8-12-29)23-31-33(39)35-34(41-31)37-19-17-26(18-20-37)22-25-9-5-3-6-10-25/h3-16,23-24,26H,2,17-22H2,1H3. The van der Waals surface area contributed by atoms with Gasteiger partial charge in [-0.1, -0.05) is 67.6 Å². The molecule has 2 aliphatic rings. The second-order valence-electron chi connectivity index (χ2n) is 10.5. The molecular weight excluding hydrogens is 545 g/mol.